The van der Waals surface area contributed by atoms with E-state index in [0.29, 0.717) is 6.54 Å². The number of carbonyl (C=O) groups is 1. The van der Waals surface area contributed by atoms with Gasteiger partial charge in [-0.15, -0.1) is 0 Å². The molecule has 1 aromatic heterocycles. The number of piperazine rings is 1. The third-order valence-corrected chi connectivity index (χ3v) is 4.57. The number of aromatic nitrogens is 2. The monoisotopic (exact) mass is 328 g/mol. The first-order valence-corrected chi connectivity index (χ1v) is 8.19. The molecule has 2 aromatic rings. The fraction of sp³-hybridized carbons (Fsp3) is 0.444. The third kappa shape index (κ3) is 3.59. The Labute approximate surface area is 142 Å². The molecule has 1 fully saturated rings. The van der Waals surface area contributed by atoms with Crippen LogP contribution in [0.5, 0.6) is 5.75 Å². The number of hydrogen-bond donors (Lipinski definition) is 0. The van der Waals surface area contributed by atoms with Gasteiger partial charge in [-0.1, -0.05) is 12.1 Å². The van der Waals surface area contributed by atoms with Crippen molar-refractivity contribution in [3.8, 4) is 5.75 Å². The van der Waals surface area contributed by atoms with E-state index in [2.05, 4.69) is 22.1 Å². The molecule has 24 heavy (non-hydrogen) atoms. The molecule has 6 nitrogen and oxygen atoms in total. The fourth-order valence-electron chi connectivity index (χ4n) is 3.19. The van der Waals surface area contributed by atoms with Crippen molar-refractivity contribution in [3.63, 3.8) is 0 Å². The Kier molecular flexibility index (Phi) is 4.85. The van der Waals surface area contributed by atoms with Crippen LogP contribution in [-0.2, 0) is 18.4 Å². The largest absolute Gasteiger partial charge is 0.497 e. The van der Waals surface area contributed by atoms with Crippen molar-refractivity contribution in [3.05, 3.63) is 47.8 Å². The van der Waals surface area contributed by atoms with Crippen LogP contribution in [0.2, 0.25) is 0 Å². The molecule has 1 amide bonds. The third-order valence-electron chi connectivity index (χ3n) is 4.57. The van der Waals surface area contributed by atoms with Crippen molar-refractivity contribution in [2.24, 2.45) is 7.05 Å². The van der Waals surface area contributed by atoms with E-state index in [1.54, 1.807) is 14.0 Å². The number of carbonyl (C=O) groups excluding carboxylic acids is 1. The van der Waals surface area contributed by atoms with Crippen LogP contribution in [-0.4, -0.2) is 52.2 Å². The second kappa shape index (κ2) is 7.05. The molecule has 1 aliphatic heterocycles. The predicted molar refractivity (Wildman–Crippen MR) is 91.6 cm³/mol. The van der Waals surface area contributed by atoms with Gasteiger partial charge in [0.1, 0.15) is 5.75 Å². The summed E-state index contributed by atoms with van der Waals surface area (Å²) >= 11 is 0. The van der Waals surface area contributed by atoms with Gasteiger partial charge in [-0.3, -0.25) is 14.4 Å². The number of nitrogens with zero attached hydrogens (tertiary/aromatic N) is 4. The lowest BCUT2D eigenvalue weighted by Gasteiger charge is -2.41. The van der Waals surface area contributed by atoms with E-state index in [-0.39, 0.29) is 11.9 Å². The molecule has 1 atom stereocenters. The van der Waals surface area contributed by atoms with Crippen molar-refractivity contribution in [1.29, 1.82) is 0 Å². The van der Waals surface area contributed by atoms with Gasteiger partial charge in [0, 0.05) is 46.3 Å². The fourth-order valence-corrected chi connectivity index (χ4v) is 3.19. The Morgan fingerprint density at radius 3 is 2.58 bits per heavy atom. The molecule has 3 rings (SSSR count). The quantitative estimate of drug-likeness (QED) is 0.859. The summed E-state index contributed by atoms with van der Waals surface area (Å²) in [5.41, 5.74) is 2.24. The predicted octanol–water partition coefficient (Wildman–Crippen LogP) is 1.83. The molecule has 1 saturated heterocycles. The lowest BCUT2D eigenvalue weighted by Crippen LogP contribution is -2.49. The Morgan fingerprint density at radius 2 is 2.00 bits per heavy atom. The van der Waals surface area contributed by atoms with Crippen molar-refractivity contribution >= 4 is 5.91 Å². The molecule has 0 N–H and O–H groups in total. The van der Waals surface area contributed by atoms with E-state index in [4.69, 9.17) is 4.74 Å². The molecular weight excluding hydrogens is 304 g/mol. The number of ether oxygens (including phenoxy) is 1. The second-order valence-electron chi connectivity index (χ2n) is 6.21. The summed E-state index contributed by atoms with van der Waals surface area (Å²) in [6.07, 6.45) is 1.96. The molecule has 128 valence electrons. The zero-order chi connectivity index (χ0) is 17.1. The maximum Gasteiger partial charge on any atom is 0.219 e. The lowest BCUT2D eigenvalue weighted by molar-refractivity contribution is -0.132. The van der Waals surface area contributed by atoms with Gasteiger partial charge in [0.15, 0.2) is 0 Å². The van der Waals surface area contributed by atoms with E-state index < -0.39 is 0 Å². The van der Waals surface area contributed by atoms with Crippen molar-refractivity contribution in [1.82, 2.24) is 19.6 Å². The van der Waals surface area contributed by atoms with Gasteiger partial charge in [-0.05, 0) is 23.8 Å². The normalized spacial score (nSPS) is 18.6. The van der Waals surface area contributed by atoms with Crippen molar-refractivity contribution in [2.45, 2.75) is 19.5 Å². The average Bonchev–Trinajstić information content (AvgIpc) is 3.00. The minimum Gasteiger partial charge on any atom is -0.497 e. The minimum absolute atomic E-state index is 0.131. The Bertz CT molecular complexity index is 695. The van der Waals surface area contributed by atoms with Gasteiger partial charge in [-0.25, -0.2) is 0 Å². The van der Waals surface area contributed by atoms with Gasteiger partial charge in [0.2, 0.25) is 5.91 Å². The number of amides is 1. The molecule has 1 aromatic carbocycles. The summed E-state index contributed by atoms with van der Waals surface area (Å²) in [5, 5.41) is 4.49. The van der Waals surface area contributed by atoms with Gasteiger partial charge >= 0.3 is 0 Å². The van der Waals surface area contributed by atoms with Crippen LogP contribution in [0.25, 0.3) is 0 Å². The average molecular weight is 328 g/mol. The highest BCUT2D eigenvalue weighted by molar-refractivity contribution is 5.73. The lowest BCUT2D eigenvalue weighted by atomic mass is 10.0. The van der Waals surface area contributed by atoms with Crippen LogP contribution in [0.3, 0.4) is 0 Å². The first kappa shape index (κ1) is 16.5. The number of hydrogen-bond acceptors (Lipinski definition) is 4. The Balaban J connectivity index is 1.83. The molecule has 0 radical (unpaired) electrons. The van der Waals surface area contributed by atoms with Gasteiger partial charge < -0.3 is 9.64 Å². The van der Waals surface area contributed by atoms with Crippen molar-refractivity contribution < 1.29 is 9.53 Å². The van der Waals surface area contributed by atoms with Gasteiger partial charge in [0.25, 0.3) is 0 Å². The summed E-state index contributed by atoms with van der Waals surface area (Å²) in [7, 11) is 3.60. The topological polar surface area (TPSA) is 50.6 Å². The zero-order valence-corrected chi connectivity index (χ0v) is 14.5. The second-order valence-corrected chi connectivity index (χ2v) is 6.21. The van der Waals surface area contributed by atoms with E-state index >= 15 is 0 Å². The van der Waals surface area contributed by atoms with Crippen LogP contribution in [0, 0.1) is 0 Å². The van der Waals surface area contributed by atoms with Gasteiger partial charge in [0.05, 0.1) is 18.8 Å². The summed E-state index contributed by atoms with van der Waals surface area (Å²) in [6, 6.07) is 10.3. The molecule has 6 heteroatoms. The molecule has 1 unspecified atom stereocenters. The summed E-state index contributed by atoms with van der Waals surface area (Å²) < 4.78 is 7.07. The molecule has 1 aliphatic rings. The zero-order valence-electron chi connectivity index (χ0n) is 14.5. The standard InChI is InChI=1S/C18H24N4O2/c1-14(23)21-10-11-22(12-16-8-9-20(2)19-16)18(13-21)15-4-6-17(24-3)7-5-15/h4-9,18H,10-13H2,1-3H3. The first-order valence-electron chi connectivity index (χ1n) is 8.19. The summed E-state index contributed by atoms with van der Waals surface area (Å²) in [5.74, 6) is 0.972. The van der Waals surface area contributed by atoms with Crippen LogP contribution < -0.4 is 4.74 Å². The molecule has 0 saturated carbocycles. The molecular formula is C18H24N4O2. The summed E-state index contributed by atoms with van der Waals surface area (Å²) in [4.78, 5) is 16.1. The molecule has 2 heterocycles. The van der Waals surface area contributed by atoms with Crippen molar-refractivity contribution in [2.75, 3.05) is 26.7 Å². The van der Waals surface area contributed by atoms with E-state index in [1.165, 1.54) is 5.56 Å². The highest BCUT2D eigenvalue weighted by Crippen LogP contribution is 2.28. The highest BCUT2D eigenvalue weighted by atomic mass is 16.5. The SMILES string of the molecule is COc1ccc(C2CN(C(C)=O)CCN2Cc2ccn(C)n2)cc1. The Hall–Kier alpha value is -2.34. The van der Waals surface area contributed by atoms with Gasteiger partial charge in [-0.2, -0.15) is 5.10 Å². The first-order chi connectivity index (χ1) is 11.6. The van der Waals surface area contributed by atoms with E-state index in [9.17, 15) is 4.79 Å². The molecule has 0 aliphatic carbocycles. The van der Waals surface area contributed by atoms with Crippen LogP contribution in [0.15, 0.2) is 36.5 Å². The van der Waals surface area contributed by atoms with Crippen LogP contribution in [0.1, 0.15) is 24.2 Å². The van der Waals surface area contributed by atoms with Crippen LogP contribution in [0.4, 0.5) is 0 Å². The maximum absolute atomic E-state index is 11.8. The van der Waals surface area contributed by atoms with E-state index in [1.807, 2.05) is 41.0 Å². The number of benzene rings is 1. The number of rotatable bonds is 4. The Morgan fingerprint density at radius 1 is 1.25 bits per heavy atom. The summed E-state index contributed by atoms with van der Waals surface area (Å²) in [6.45, 7) is 4.72. The molecule has 0 bridgehead atoms. The number of aryl methyl sites for hydroxylation is 1. The minimum atomic E-state index is 0.131. The smallest absolute Gasteiger partial charge is 0.219 e. The molecule has 0 spiro atoms. The van der Waals surface area contributed by atoms with E-state index in [0.717, 1.165) is 31.1 Å². The van der Waals surface area contributed by atoms with Crippen LogP contribution >= 0.6 is 0 Å². The maximum atomic E-state index is 11.8. The highest BCUT2D eigenvalue weighted by Gasteiger charge is 2.29. The number of methoxy groups -OCH3 is 1.